The molecule has 0 aliphatic carbocycles. The van der Waals surface area contributed by atoms with Crippen LogP contribution >= 0.6 is 0 Å². The van der Waals surface area contributed by atoms with Crippen LogP contribution in [0.3, 0.4) is 0 Å². The summed E-state index contributed by atoms with van der Waals surface area (Å²) in [7, 11) is 0. The lowest BCUT2D eigenvalue weighted by Gasteiger charge is -2.26. The fraction of sp³-hybridized carbons (Fsp3) is 0.632. The number of benzene rings is 1. The number of rotatable bonds is 11. The van der Waals surface area contributed by atoms with Gasteiger partial charge in [0.2, 0.25) is 5.91 Å². The topological polar surface area (TPSA) is 94.1 Å². The molecule has 2 rings (SSSR count). The number of amides is 1. The minimum atomic E-state index is -0.701. The van der Waals surface area contributed by atoms with Crippen molar-refractivity contribution in [3.63, 3.8) is 0 Å². The molecule has 1 aromatic rings. The van der Waals surface area contributed by atoms with E-state index in [1.807, 2.05) is 30.3 Å². The monoisotopic (exact) mass is 350 g/mol. The molecule has 1 amide bonds. The van der Waals surface area contributed by atoms with Gasteiger partial charge in [-0.15, -0.1) is 0 Å². The van der Waals surface area contributed by atoms with Gasteiger partial charge in [-0.1, -0.05) is 44.2 Å². The molecule has 0 bridgehead atoms. The maximum Gasteiger partial charge on any atom is 0.220 e. The van der Waals surface area contributed by atoms with Crippen LogP contribution < -0.4 is 10.6 Å². The predicted molar refractivity (Wildman–Crippen MR) is 95.9 cm³/mol. The van der Waals surface area contributed by atoms with Crippen molar-refractivity contribution >= 4 is 5.91 Å². The van der Waals surface area contributed by atoms with Crippen LogP contribution in [-0.4, -0.2) is 54.3 Å². The van der Waals surface area contributed by atoms with Gasteiger partial charge < -0.3 is 20.3 Å². The molecule has 1 saturated heterocycles. The van der Waals surface area contributed by atoms with Crippen LogP contribution in [-0.2, 0) is 16.0 Å². The Morgan fingerprint density at radius 3 is 2.68 bits per heavy atom. The molecule has 25 heavy (non-hydrogen) atoms. The minimum absolute atomic E-state index is 0.0597. The number of hydrogen-bond acceptors (Lipinski definition) is 5. The molecule has 1 aliphatic rings. The van der Waals surface area contributed by atoms with Gasteiger partial charge in [-0.05, 0) is 24.9 Å². The number of ether oxygens (including phenoxy) is 1. The Bertz CT molecular complexity index is 535. The Kier molecular flexibility index (Phi) is 7.38. The molecule has 3 atom stereocenters. The van der Waals surface area contributed by atoms with Crippen molar-refractivity contribution in [1.29, 1.82) is 0 Å². The molecule has 0 saturated carbocycles. The Labute approximate surface area is 149 Å². The second-order valence-corrected chi connectivity index (χ2v) is 7.26. The second-order valence-electron chi connectivity index (χ2n) is 7.26. The molecule has 6 heteroatoms. The SMILES string of the molecule is CC(C)(CO)[C@@H](O)C1OC1NCCCNC(=O)CCc1ccccc1. The molecular weight excluding hydrogens is 320 g/mol. The number of carbonyl (C=O) groups is 1. The fourth-order valence-electron chi connectivity index (χ4n) is 2.62. The summed E-state index contributed by atoms with van der Waals surface area (Å²) in [6.45, 7) is 4.84. The Morgan fingerprint density at radius 1 is 1.28 bits per heavy atom. The number of epoxide rings is 1. The van der Waals surface area contributed by atoms with E-state index in [0.29, 0.717) is 19.5 Å². The largest absolute Gasteiger partial charge is 0.396 e. The molecule has 2 unspecified atom stereocenters. The van der Waals surface area contributed by atoms with E-state index in [9.17, 15) is 15.0 Å². The van der Waals surface area contributed by atoms with Crippen molar-refractivity contribution in [2.24, 2.45) is 5.41 Å². The fourth-order valence-corrected chi connectivity index (χ4v) is 2.62. The molecule has 1 fully saturated rings. The van der Waals surface area contributed by atoms with Gasteiger partial charge in [0.25, 0.3) is 0 Å². The lowest BCUT2D eigenvalue weighted by atomic mass is 9.85. The maximum absolute atomic E-state index is 11.8. The molecule has 1 heterocycles. The summed E-state index contributed by atoms with van der Waals surface area (Å²) in [4.78, 5) is 11.8. The third-order valence-corrected chi connectivity index (χ3v) is 4.55. The van der Waals surface area contributed by atoms with Crippen LogP contribution in [0.15, 0.2) is 30.3 Å². The van der Waals surface area contributed by atoms with Gasteiger partial charge in [0.1, 0.15) is 12.3 Å². The summed E-state index contributed by atoms with van der Waals surface area (Å²) in [6.07, 6.45) is 0.891. The van der Waals surface area contributed by atoms with Crippen LogP contribution in [0.4, 0.5) is 0 Å². The highest BCUT2D eigenvalue weighted by Gasteiger charge is 2.49. The predicted octanol–water partition coefficient (Wildman–Crippen LogP) is 0.819. The van der Waals surface area contributed by atoms with E-state index in [1.165, 1.54) is 5.56 Å². The average Bonchev–Trinajstić information content (AvgIpc) is 3.39. The van der Waals surface area contributed by atoms with Gasteiger partial charge in [-0.2, -0.15) is 0 Å². The lowest BCUT2D eigenvalue weighted by molar-refractivity contribution is -0.121. The first kappa shape index (κ1) is 19.8. The number of aliphatic hydroxyl groups excluding tert-OH is 2. The van der Waals surface area contributed by atoms with E-state index < -0.39 is 11.5 Å². The standard InChI is InChI=1S/C19H30N2O4/c1-19(2,13-22)17(24)16-18(25-16)21-12-6-11-20-15(23)10-9-14-7-4-3-5-8-14/h3-5,7-8,16-18,21-22,24H,6,9-13H2,1-2H3,(H,20,23)/t16?,17-,18?/m0/s1. The molecule has 6 nitrogen and oxygen atoms in total. The highest BCUT2D eigenvalue weighted by Crippen LogP contribution is 2.33. The number of aryl methyl sites for hydroxylation is 1. The molecule has 0 radical (unpaired) electrons. The van der Waals surface area contributed by atoms with Gasteiger partial charge in [-0.25, -0.2) is 0 Å². The van der Waals surface area contributed by atoms with E-state index in [-0.39, 0.29) is 24.8 Å². The first-order valence-electron chi connectivity index (χ1n) is 8.92. The highest BCUT2D eigenvalue weighted by molar-refractivity contribution is 5.76. The smallest absolute Gasteiger partial charge is 0.220 e. The van der Waals surface area contributed by atoms with Gasteiger partial charge in [0.15, 0.2) is 0 Å². The molecular formula is C19H30N2O4. The van der Waals surface area contributed by atoms with E-state index in [4.69, 9.17) is 4.74 Å². The quantitative estimate of drug-likeness (QED) is 0.350. The number of nitrogens with one attached hydrogen (secondary N) is 2. The maximum atomic E-state index is 11.8. The summed E-state index contributed by atoms with van der Waals surface area (Å²) >= 11 is 0. The Hall–Kier alpha value is -1.47. The molecule has 0 spiro atoms. The van der Waals surface area contributed by atoms with Crippen LogP contribution in [0.25, 0.3) is 0 Å². The molecule has 1 aromatic carbocycles. The van der Waals surface area contributed by atoms with Crippen molar-refractivity contribution < 1.29 is 19.7 Å². The number of carbonyl (C=O) groups excluding carboxylic acids is 1. The molecule has 4 N–H and O–H groups in total. The zero-order chi connectivity index (χ0) is 18.3. The minimum Gasteiger partial charge on any atom is -0.396 e. The first-order valence-corrected chi connectivity index (χ1v) is 8.92. The normalized spacial score (nSPS) is 21.0. The van der Waals surface area contributed by atoms with Crippen molar-refractivity contribution in [2.45, 2.75) is 51.5 Å². The summed E-state index contributed by atoms with van der Waals surface area (Å²) in [5.74, 6) is 0.0597. The Morgan fingerprint density at radius 2 is 2.00 bits per heavy atom. The van der Waals surface area contributed by atoms with Crippen LogP contribution in [0.5, 0.6) is 0 Å². The molecule has 0 aromatic heterocycles. The lowest BCUT2D eigenvalue weighted by Crippen LogP contribution is -2.39. The average molecular weight is 350 g/mol. The van der Waals surface area contributed by atoms with E-state index in [0.717, 1.165) is 12.8 Å². The summed E-state index contributed by atoms with van der Waals surface area (Å²) in [6, 6.07) is 9.97. The summed E-state index contributed by atoms with van der Waals surface area (Å²) in [5, 5.41) is 25.5. The Balaban J connectivity index is 1.51. The van der Waals surface area contributed by atoms with E-state index in [2.05, 4.69) is 10.6 Å². The van der Waals surface area contributed by atoms with Crippen molar-refractivity contribution in [1.82, 2.24) is 10.6 Å². The van der Waals surface area contributed by atoms with E-state index >= 15 is 0 Å². The zero-order valence-corrected chi connectivity index (χ0v) is 15.1. The molecule has 1 aliphatic heterocycles. The van der Waals surface area contributed by atoms with Gasteiger partial charge >= 0.3 is 0 Å². The van der Waals surface area contributed by atoms with Gasteiger partial charge in [0.05, 0.1) is 12.7 Å². The van der Waals surface area contributed by atoms with Crippen molar-refractivity contribution in [2.75, 3.05) is 19.7 Å². The van der Waals surface area contributed by atoms with Crippen molar-refractivity contribution in [3.05, 3.63) is 35.9 Å². The summed E-state index contributed by atoms with van der Waals surface area (Å²) in [5.41, 5.74) is 0.592. The first-order chi connectivity index (χ1) is 11.9. The molecule has 140 valence electrons. The van der Waals surface area contributed by atoms with E-state index in [1.54, 1.807) is 13.8 Å². The van der Waals surface area contributed by atoms with Crippen LogP contribution in [0.2, 0.25) is 0 Å². The van der Waals surface area contributed by atoms with Gasteiger partial charge in [-0.3, -0.25) is 10.1 Å². The zero-order valence-electron chi connectivity index (χ0n) is 15.1. The third kappa shape index (κ3) is 6.40. The van der Waals surface area contributed by atoms with Gasteiger partial charge in [0, 0.05) is 18.4 Å². The number of hydrogen-bond donors (Lipinski definition) is 4. The second kappa shape index (κ2) is 9.29. The summed E-state index contributed by atoms with van der Waals surface area (Å²) < 4.78 is 5.42. The van der Waals surface area contributed by atoms with Crippen LogP contribution in [0, 0.1) is 5.41 Å². The van der Waals surface area contributed by atoms with Crippen LogP contribution in [0.1, 0.15) is 32.3 Å². The number of aliphatic hydroxyl groups is 2. The highest BCUT2D eigenvalue weighted by atomic mass is 16.6. The third-order valence-electron chi connectivity index (χ3n) is 4.55. The van der Waals surface area contributed by atoms with Crippen molar-refractivity contribution in [3.8, 4) is 0 Å².